The highest BCUT2D eigenvalue weighted by atomic mass is 19.3. The van der Waals surface area contributed by atoms with Gasteiger partial charge >= 0.3 is 6.55 Å². The maximum atomic E-state index is 12.8. The third kappa shape index (κ3) is 7.27. The molecular formula is C17H31F2N5. The molecule has 7 heteroatoms. The van der Waals surface area contributed by atoms with E-state index in [-0.39, 0.29) is 17.8 Å². The molecule has 0 saturated heterocycles. The van der Waals surface area contributed by atoms with Crippen LogP contribution in [0.4, 0.5) is 8.78 Å². The number of halogens is 2. The lowest BCUT2D eigenvalue weighted by Crippen LogP contribution is -2.42. The molecule has 5 nitrogen and oxygen atoms in total. The summed E-state index contributed by atoms with van der Waals surface area (Å²) in [6.07, 6.45) is 7.45. The van der Waals surface area contributed by atoms with Crippen molar-refractivity contribution >= 4 is 5.96 Å². The van der Waals surface area contributed by atoms with Crippen molar-refractivity contribution in [2.24, 2.45) is 10.4 Å². The van der Waals surface area contributed by atoms with Gasteiger partial charge < -0.3 is 10.6 Å². The molecule has 1 rings (SSSR count). The van der Waals surface area contributed by atoms with Crippen LogP contribution in [0.15, 0.2) is 17.4 Å². The average Bonchev–Trinajstić information content (AvgIpc) is 2.99. The fourth-order valence-electron chi connectivity index (χ4n) is 2.40. The summed E-state index contributed by atoms with van der Waals surface area (Å²) in [5.41, 5.74) is 0.160. The number of imidazole rings is 1. The van der Waals surface area contributed by atoms with Gasteiger partial charge in [0.15, 0.2) is 5.96 Å². The molecule has 0 aliphatic heterocycles. The summed E-state index contributed by atoms with van der Waals surface area (Å²) in [5.74, 6) is 0.884. The van der Waals surface area contributed by atoms with Crippen LogP contribution < -0.4 is 10.6 Å². The summed E-state index contributed by atoms with van der Waals surface area (Å²) < 4.78 is 26.5. The van der Waals surface area contributed by atoms with Crippen LogP contribution >= 0.6 is 0 Å². The van der Waals surface area contributed by atoms with Crippen molar-refractivity contribution in [3.05, 3.63) is 18.2 Å². The minimum Gasteiger partial charge on any atom is -0.357 e. The number of hydrogen-bond acceptors (Lipinski definition) is 2. The third-order valence-corrected chi connectivity index (χ3v) is 3.87. The van der Waals surface area contributed by atoms with Gasteiger partial charge in [-0.25, -0.2) is 9.98 Å². The molecule has 0 aliphatic rings. The summed E-state index contributed by atoms with van der Waals surface area (Å²) in [7, 11) is 0. The molecule has 0 atom stereocenters. The van der Waals surface area contributed by atoms with Crippen LogP contribution in [0.25, 0.3) is 0 Å². The molecule has 0 aliphatic carbocycles. The van der Waals surface area contributed by atoms with Gasteiger partial charge in [0, 0.05) is 25.5 Å². The monoisotopic (exact) mass is 343 g/mol. The zero-order valence-corrected chi connectivity index (χ0v) is 15.3. The van der Waals surface area contributed by atoms with Crippen LogP contribution in [-0.2, 0) is 6.54 Å². The highest BCUT2D eigenvalue weighted by Gasteiger charge is 2.18. The van der Waals surface area contributed by atoms with E-state index < -0.39 is 6.55 Å². The lowest BCUT2D eigenvalue weighted by Gasteiger charge is -2.26. The lowest BCUT2D eigenvalue weighted by molar-refractivity contribution is 0.0671. The summed E-state index contributed by atoms with van der Waals surface area (Å²) in [4.78, 5) is 8.32. The normalized spacial score (nSPS) is 12.7. The third-order valence-electron chi connectivity index (χ3n) is 3.87. The first-order valence-corrected chi connectivity index (χ1v) is 8.71. The maximum absolute atomic E-state index is 12.8. The number of aromatic nitrogens is 2. The highest BCUT2D eigenvalue weighted by Crippen LogP contribution is 2.22. The van der Waals surface area contributed by atoms with Gasteiger partial charge in [0.05, 0.1) is 0 Å². The number of nitrogens with one attached hydrogen (secondary N) is 2. The molecule has 0 saturated carbocycles. The molecule has 0 bridgehead atoms. The van der Waals surface area contributed by atoms with Crippen molar-refractivity contribution in [2.45, 2.75) is 66.5 Å². The molecule has 0 radical (unpaired) electrons. The molecule has 0 amide bonds. The zero-order chi connectivity index (χ0) is 18.0. The van der Waals surface area contributed by atoms with Crippen molar-refractivity contribution in [3.63, 3.8) is 0 Å². The molecule has 1 aromatic heterocycles. The van der Waals surface area contributed by atoms with Crippen molar-refractivity contribution in [1.82, 2.24) is 20.2 Å². The van der Waals surface area contributed by atoms with Crippen LogP contribution in [0.3, 0.4) is 0 Å². The van der Waals surface area contributed by atoms with Crippen LogP contribution in [-0.4, -0.2) is 28.6 Å². The van der Waals surface area contributed by atoms with Crippen LogP contribution in [0, 0.1) is 5.41 Å². The van der Waals surface area contributed by atoms with E-state index >= 15 is 0 Å². The number of unbranched alkanes of at least 4 members (excludes halogenated alkanes) is 2. The van der Waals surface area contributed by atoms with E-state index in [4.69, 9.17) is 0 Å². The summed E-state index contributed by atoms with van der Waals surface area (Å²) in [6.45, 7) is 7.64. The van der Waals surface area contributed by atoms with Crippen LogP contribution in [0.2, 0.25) is 0 Å². The van der Waals surface area contributed by atoms with Gasteiger partial charge in [-0.05, 0) is 18.8 Å². The predicted octanol–water partition coefficient (Wildman–Crippen LogP) is 3.94. The maximum Gasteiger partial charge on any atom is 0.319 e. The Morgan fingerprint density at radius 3 is 2.67 bits per heavy atom. The van der Waals surface area contributed by atoms with Gasteiger partial charge in [-0.15, -0.1) is 0 Å². The van der Waals surface area contributed by atoms with Crippen LogP contribution in [0.5, 0.6) is 0 Å². The second-order valence-electron chi connectivity index (χ2n) is 6.70. The summed E-state index contributed by atoms with van der Waals surface area (Å²) in [6, 6.07) is 0. The van der Waals surface area contributed by atoms with Gasteiger partial charge in [-0.2, -0.15) is 8.78 Å². The molecule has 1 heterocycles. The summed E-state index contributed by atoms with van der Waals surface area (Å²) >= 11 is 0. The van der Waals surface area contributed by atoms with E-state index in [1.165, 1.54) is 31.7 Å². The van der Waals surface area contributed by atoms with Gasteiger partial charge in [0.25, 0.3) is 0 Å². The van der Waals surface area contributed by atoms with E-state index in [0.29, 0.717) is 12.5 Å². The van der Waals surface area contributed by atoms with E-state index in [9.17, 15) is 8.78 Å². The van der Waals surface area contributed by atoms with Crippen LogP contribution in [0.1, 0.15) is 65.8 Å². The first kappa shape index (κ1) is 20.4. The van der Waals surface area contributed by atoms with Gasteiger partial charge in [0.1, 0.15) is 12.4 Å². The number of aliphatic imine (C=N–C) groups is 1. The minimum atomic E-state index is -2.59. The quantitative estimate of drug-likeness (QED) is 0.384. The Kier molecular flexibility index (Phi) is 8.71. The number of rotatable bonds is 10. The second-order valence-corrected chi connectivity index (χ2v) is 6.70. The molecule has 1 aromatic rings. The standard InChI is InChI=1S/C17H31F2N5/c1-5-7-8-9-17(3,4)13-23-16(20-6-2)22-12-14-21-10-11-24(14)15(18)19/h10-11,15H,5-9,12-13H2,1-4H3,(H2,20,22,23). The Bertz CT molecular complexity index is 497. The largest absolute Gasteiger partial charge is 0.357 e. The topological polar surface area (TPSA) is 54.2 Å². The Labute approximate surface area is 144 Å². The Balaban J connectivity index is 2.60. The second kappa shape index (κ2) is 10.3. The number of hydrogen-bond donors (Lipinski definition) is 2. The van der Waals surface area contributed by atoms with Crippen molar-refractivity contribution in [1.29, 1.82) is 0 Å². The number of nitrogens with zero attached hydrogens (tertiary/aromatic N) is 3. The van der Waals surface area contributed by atoms with Crippen molar-refractivity contribution < 1.29 is 8.78 Å². The fraction of sp³-hybridized carbons (Fsp3) is 0.765. The lowest BCUT2D eigenvalue weighted by atomic mass is 9.87. The van der Waals surface area contributed by atoms with Gasteiger partial charge in [-0.3, -0.25) is 4.57 Å². The molecule has 0 unspecified atom stereocenters. The Morgan fingerprint density at radius 1 is 1.29 bits per heavy atom. The molecule has 0 fully saturated rings. The van der Waals surface area contributed by atoms with Crippen molar-refractivity contribution in [2.75, 3.05) is 13.1 Å². The van der Waals surface area contributed by atoms with Crippen molar-refractivity contribution in [3.8, 4) is 0 Å². The first-order chi connectivity index (χ1) is 11.4. The SMILES string of the molecule is CCCCCC(C)(C)CNC(=NCc1nccn1C(F)F)NCC. The Morgan fingerprint density at radius 2 is 2.04 bits per heavy atom. The summed E-state index contributed by atoms with van der Waals surface area (Å²) in [5, 5.41) is 6.46. The first-order valence-electron chi connectivity index (χ1n) is 8.71. The molecule has 2 N–H and O–H groups in total. The number of alkyl halides is 2. The van der Waals surface area contributed by atoms with E-state index in [1.54, 1.807) is 0 Å². The molecular weight excluding hydrogens is 312 g/mol. The highest BCUT2D eigenvalue weighted by molar-refractivity contribution is 5.79. The molecule has 0 spiro atoms. The predicted molar refractivity (Wildman–Crippen MR) is 94.2 cm³/mol. The molecule has 0 aromatic carbocycles. The van der Waals surface area contributed by atoms with E-state index in [2.05, 4.69) is 41.4 Å². The average molecular weight is 343 g/mol. The molecule has 138 valence electrons. The minimum absolute atomic E-state index is 0.114. The van der Waals surface area contributed by atoms with E-state index in [0.717, 1.165) is 17.5 Å². The van der Waals surface area contributed by atoms with Gasteiger partial charge in [0.2, 0.25) is 0 Å². The molecule has 24 heavy (non-hydrogen) atoms. The zero-order valence-electron chi connectivity index (χ0n) is 15.3. The Hall–Kier alpha value is -1.66. The number of guanidine groups is 1. The van der Waals surface area contributed by atoms with Gasteiger partial charge in [-0.1, -0.05) is 40.0 Å². The smallest absolute Gasteiger partial charge is 0.319 e. The fourth-order valence-corrected chi connectivity index (χ4v) is 2.40. The van der Waals surface area contributed by atoms with E-state index in [1.807, 2.05) is 6.92 Å².